The lowest BCUT2D eigenvalue weighted by molar-refractivity contribution is -0.125. The molecule has 0 bridgehead atoms. The fraction of sp³-hybridized carbons (Fsp3) is 0.250. The van der Waals surface area contributed by atoms with Gasteiger partial charge in [0.1, 0.15) is 12.0 Å². The number of carbonyl (C=O) groups excluding carboxylic acids is 2. The molecule has 1 N–H and O–H groups in total. The van der Waals surface area contributed by atoms with Gasteiger partial charge in [0.2, 0.25) is 5.91 Å². The zero-order valence-electron chi connectivity index (χ0n) is 15.6. The predicted molar refractivity (Wildman–Crippen MR) is 104 cm³/mol. The first-order valence-corrected chi connectivity index (χ1v) is 9.01. The maximum Gasteiger partial charge on any atom is 0.274 e. The van der Waals surface area contributed by atoms with Gasteiger partial charge < -0.3 is 15.1 Å². The van der Waals surface area contributed by atoms with Gasteiger partial charge in [-0.15, -0.1) is 0 Å². The van der Waals surface area contributed by atoms with Gasteiger partial charge in [-0.05, 0) is 25.0 Å². The summed E-state index contributed by atoms with van der Waals surface area (Å²) in [5.74, 6) is -0.289. The second kappa shape index (κ2) is 7.22. The fourth-order valence-corrected chi connectivity index (χ4v) is 3.50. The number of nitrogens with zero attached hydrogens (tertiary/aromatic N) is 5. The van der Waals surface area contributed by atoms with Crippen molar-refractivity contribution >= 4 is 17.5 Å². The summed E-state index contributed by atoms with van der Waals surface area (Å²) in [5, 5.41) is 2.84. The van der Waals surface area contributed by atoms with Crippen LogP contribution in [0.15, 0.2) is 60.6 Å². The lowest BCUT2D eigenvalue weighted by Gasteiger charge is -2.28. The highest BCUT2D eigenvalue weighted by atomic mass is 16.2. The van der Waals surface area contributed by atoms with E-state index in [1.54, 1.807) is 42.7 Å². The van der Waals surface area contributed by atoms with Crippen LogP contribution in [-0.2, 0) is 9.59 Å². The molecule has 8 heteroatoms. The third-order valence-corrected chi connectivity index (χ3v) is 4.96. The number of carbonyl (C=O) groups is 2. The molecular formula is C20H20N6O2. The molecule has 0 fully saturated rings. The lowest BCUT2D eigenvalue weighted by atomic mass is 10.0. The topological polar surface area (TPSA) is 91.3 Å². The summed E-state index contributed by atoms with van der Waals surface area (Å²) < 4.78 is 0. The second-order valence-electron chi connectivity index (χ2n) is 6.77. The average Bonchev–Trinajstić information content (AvgIpc) is 2.94. The van der Waals surface area contributed by atoms with E-state index in [1.165, 1.54) is 6.33 Å². The smallest absolute Gasteiger partial charge is 0.274 e. The molecule has 2 aliphatic rings. The Labute approximate surface area is 162 Å². The molecule has 0 saturated heterocycles. The van der Waals surface area contributed by atoms with Crippen LogP contribution in [0, 0.1) is 0 Å². The minimum atomic E-state index is -0.195. The van der Waals surface area contributed by atoms with Crippen molar-refractivity contribution in [2.24, 2.45) is 0 Å². The van der Waals surface area contributed by atoms with Crippen LogP contribution in [0.25, 0.3) is 11.3 Å². The minimum Gasteiger partial charge on any atom is -0.357 e. The van der Waals surface area contributed by atoms with Crippen molar-refractivity contribution in [2.45, 2.75) is 12.8 Å². The SMILES string of the molecule is C=C1C2=C(C(=O)N1C)N(CC(=O)Nc1ccc(-c3cncnc3)nc1)CCC2. The van der Waals surface area contributed by atoms with Crippen molar-refractivity contribution in [3.05, 3.63) is 60.6 Å². The molecule has 2 aromatic heterocycles. The van der Waals surface area contributed by atoms with E-state index < -0.39 is 0 Å². The lowest BCUT2D eigenvalue weighted by Crippen LogP contribution is -2.38. The van der Waals surface area contributed by atoms with Gasteiger partial charge in [-0.3, -0.25) is 14.6 Å². The van der Waals surface area contributed by atoms with Gasteiger partial charge >= 0.3 is 0 Å². The van der Waals surface area contributed by atoms with Crippen molar-refractivity contribution in [1.82, 2.24) is 24.8 Å². The van der Waals surface area contributed by atoms with Crippen molar-refractivity contribution < 1.29 is 9.59 Å². The van der Waals surface area contributed by atoms with Crippen LogP contribution in [-0.4, -0.2) is 56.7 Å². The van der Waals surface area contributed by atoms with Crippen LogP contribution >= 0.6 is 0 Å². The van der Waals surface area contributed by atoms with Gasteiger partial charge in [0.25, 0.3) is 5.91 Å². The summed E-state index contributed by atoms with van der Waals surface area (Å²) in [6.07, 6.45) is 8.12. The monoisotopic (exact) mass is 376 g/mol. The van der Waals surface area contributed by atoms with Gasteiger partial charge in [0.15, 0.2) is 0 Å². The number of allylic oxidation sites excluding steroid dienone is 1. The Morgan fingerprint density at radius 1 is 1.25 bits per heavy atom. The molecule has 142 valence electrons. The van der Waals surface area contributed by atoms with Gasteiger partial charge in [-0.2, -0.15) is 0 Å². The maximum absolute atomic E-state index is 12.5. The van der Waals surface area contributed by atoms with Crippen LogP contribution in [0.4, 0.5) is 5.69 Å². The van der Waals surface area contributed by atoms with Crippen LogP contribution in [0.3, 0.4) is 0 Å². The second-order valence-corrected chi connectivity index (χ2v) is 6.77. The van der Waals surface area contributed by atoms with E-state index in [0.29, 0.717) is 17.9 Å². The third-order valence-electron chi connectivity index (χ3n) is 4.96. The molecule has 8 nitrogen and oxygen atoms in total. The largest absolute Gasteiger partial charge is 0.357 e. The Hall–Kier alpha value is -3.55. The van der Waals surface area contributed by atoms with Crippen molar-refractivity contribution in [2.75, 3.05) is 25.5 Å². The Morgan fingerprint density at radius 2 is 2.04 bits per heavy atom. The van der Waals surface area contributed by atoms with E-state index in [-0.39, 0.29) is 18.4 Å². The number of hydrogen-bond acceptors (Lipinski definition) is 6. The molecular weight excluding hydrogens is 356 g/mol. The standard InChI is InChI=1S/C20H20N6O2/c1-13-16-4-3-7-26(19(16)20(28)25(13)2)11-18(27)24-15-5-6-17(23-10-15)14-8-21-12-22-9-14/h5-6,8-10,12H,1,3-4,7,11H2,2H3,(H,24,27). The summed E-state index contributed by atoms with van der Waals surface area (Å²) in [7, 11) is 1.71. The number of rotatable bonds is 4. The molecule has 0 atom stereocenters. The summed E-state index contributed by atoms with van der Waals surface area (Å²) in [6.45, 7) is 4.77. The first kappa shape index (κ1) is 17.8. The minimum absolute atomic E-state index is 0.0939. The fourth-order valence-electron chi connectivity index (χ4n) is 3.50. The Balaban J connectivity index is 1.43. The highest BCUT2D eigenvalue weighted by molar-refractivity contribution is 6.01. The zero-order valence-corrected chi connectivity index (χ0v) is 15.6. The highest BCUT2D eigenvalue weighted by Gasteiger charge is 2.37. The van der Waals surface area contributed by atoms with Crippen molar-refractivity contribution in [1.29, 1.82) is 0 Å². The average molecular weight is 376 g/mol. The summed E-state index contributed by atoms with van der Waals surface area (Å²) in [5.41, 5.74) is 4.40. The number of nitrogens with one attached hydrogen (secondary N) is 1. The first-order chi connectivity index (χ1) is 13.5. The van der Waals surface area contributed by atoms with E-state index in [0.717, 1.165) is 35.4 Å². The molecule has 4 rings (SSSR count). The van der Waals surface area contributed by atoms with Crippen LogP contribution in [0.1, 0.15) is 12.8 Å². The van der Waals surface area contributed by atoms with Gasteiger partial charge in [0.05, 0.1) is 24.1 Å². The normalized spacial score (nSPS) is 16.5. The van der Waals surface area contributed by atoms with Crippen LogP contribution < -0.4 is 5.32 Å². The Morgan fingerprint density at radius 3 is 2.75 bits per heavy atom. The molecule has 0 aromatic carbocycles. The number of anilines is 1. The van der Waals surface area contributed by atoms with Gasteiger partial charge in [-0.1, -0.05) is 6.58 Å². The van der Waals surface area contributed by atoms with E-state index in [9.17, 15) is 9.59 Å². The van der Waals surface area contributed by atoms with E-state index in [2.05, 4.69) is 26.8 Å². The van der Waals surface area contributed by atoms with Crippen molar-refractivity contribution in [3.8, 4) is 11.3 Å². The molecule has 0 saturated carbocycles. The number of likely N-dealkylation sites (N-methyl/N-ethyl adjacent to an activating group) is 1. The Bertz CT molecular complexity index is 968. The zero-order chi connectivity index (χ0) is 19.7. The maximum atomic E-state index is 12.5. The third kappa shape index (κ3) is 3.24. The van der Waals surface area contributed by atoms with E-state index >= 15 is 0 Å². The molecule has 0 unspecified atom stereocenters. The quantitative estimate of drug-likeness (QED) is 0.875. The molecule has 2 aromatic rings. The number of hydrogen-bond donors (Lipinski definition) is 1. The summed E-state index contributed by atoms with van der Waals surface area (Å²) >= 11 is 0. The van der Waals surface area contributed by atoms with Gasteiger partial charge in [0, 0.05) is 42.8 Å². The van der Waals surface area contributed by atoms with Crippen LogP contribution in [0.2, 0.25) is 0 Å². The molecule has 0 radical (unpaired) electrons. The molecule has 0 spiro atoms. The molecule has 0 aliphatic carbocycles. The first-order valence-electron chi connectivity index (χ1n) is 9.01. The molecule has 28 heavy (non-hydrogen) atoms. The van der Waals surface area contributed by atoms with E-state index in [1.807, 2.05) is 4.90 Å². The summed E-state index contributed by atoms with van der Waals surface area (Å²) in [4.78, 5) is 40.7. The van der Waals surface area contributed by atoms with E-state index in [4.69, 9.17) is 0 Å². The van der Waals surface area contributed by atoms with Crippen LogP contribution in [0.5, 0.6) is 0 Å². The van der Waals surface area contributed by atoms with Gasteiger partial charge in [-0.25, -0.2) is 9.97 Å². The number of aromatic nitrogens is 3. The predicted octanol–water partition coefficient (Wildman–Crippen LogP) is 1.81. The molecule has 2 aliphatic heterocycles. The Kier molecular flexibility index (Phi) is 4.60. The number of pyridine rings is 1. The summed E-state index contributed by atoms with van der Waals surface area (Å²) in [6, 6.07) is 3.58. The van der Waals surface area contributed by atoms with Crippen molar-refractivity contribution in [3.63, 3.8) is 0 Å². The highest BCUT2D eigenvalue weighted by Crippen LogP contribution is 2.35. The molecule has 4 heterocycles. The molecule has 2 amide bonds. The number of amides is 2.